The quantitative estimate of drug-likeness (QED) is 0.398. The molecule has 0 aromatic heterocycles. The molecule has 0 heterocycles. The highest BCUT2D eigenvalue weighted by atomic mass is 35.5. The second kappa shape index (κ2) is 10.5. The molecule has 0 radical (unpaired) electrons. The number of carbonyl (C=O) groups excluding carboxylic acids is 2. The molecule has 0 saturated carbocycles. The van der Waals surface area contributed by atoms with Crippen LogP contribution in [0.25, 0.3) is 0 Å². The van der Waals surface area contributed by atoms with Crippen LogP contribution in [0.4, 0.5) is 0 Å². The minimum absolute atomic E-state index is 0.126. The molecule has 0 aliphatic rings. The third kappa shape index (κ3) is 17.5. The van der Waals surface area contributed by atoms with Gasteiger partial charge >= 0.3 is 5.97 Å². The number of quaternary nitrogens is 1. The number of Topliss-reactive ketones (excluding diaryl/α,β-unsaturated/α-hetero) is 1. The lowest BCUT2D eigenvalue weighted by molar-refractivity contribution is -0.836. The summed E-state index contributed by atoms with van der Waals surface area (Å²) in [6.45, 7) is 1.98. The van der Waals surface area contributed by atoms with Gasteiger partial charge in [0, 0.05) is 0 Å². The molecule has 1 N–H and O–H groups in total. The number of ketones is 1. The summed E-state index contributed by atoms with van der Waals surface area (Å²) >= 11 is 5.14. The average Bonchev–Trinajstić information content (AvgIpc) is 2.03. The Morgan fingerprint density at radius 2 is 1.71 bits per heavy atom. The fraction of sp³-hybridized carbons (Fsp3) is 0.778. The van der Waals surface area contributed by atoms with Crippen LogP contribution < -0.4 is 4.90 Å². The van der Waals surface area contributed by atoms with Crippen molar-refractivity contribution in [1.82, 2.24) is 0 Å². The van der Waals surface area contributed by atoms with Gasteiger partial charge in [0.05, 0.1) is 33.6 Å². The topological polar surface area (TPSA) is 47.8 Å². The lowest BCUT2D eigenvalue weighted by Crippen LogP contribution is -3.02. The van der Waals surface area contributed by atoms with Gasteiger partial charge in [-0.2, -0.15) is 0 Å². The van der Waals surface area contributed by atoms with Crippen LogP contribution in [-0.4, -0.2) is 45.4 Å². The van der Waals surface area contributed by atoms with Gasteiger partial charge in [0.1, 0.15) is 6.42 Å². The summed E-state index contributed by atoms with van der Waals surface area (Å²) in [7, 11) is 6.25. The summed E-state index contributed by atoms with van der Waals surface area (Å²) in [6.07, 6.45) is -0.211. The Kier molecular flexibility index (Phi) is 11.9. The monoisotopic (exact) mass is 224 g/mol. The molecule has 5 heteroatoms. The van der Waals surface area contributed by atoms with Crippen LogP contribution in [0.15, 0.2) is 0 Å². The first kappa shape index (κ1) is 15.8. The van der Waals surface area contributed by atoms with Crippen molar-refractivity contribution in [3.63, 3.8) is 0 Å². The molecule has 0 amide bonds. The maximum Gasteiger partial charge on any atom is 0.313 e. The number of hydrogen-bond donors (Lipinski definition) is 1. The summed E-state index contributed by atoms with van der Waals surface area (Å²) in [5, 5.41) is 0. The molecule has 0 fully saturated rings. The summed E-state index contributed by atoms with van der Waals surface area (Å²) in [4.78, 5) is 22.4. The molecule has 0 spiro atoms. The van der Waals surface area contributed by atoms with Gasteiger partial charge in [-0.3, -0.25) is 9.59 Å². The van der Waals surface area contributed by atoms with E-state index >= 15 is 0 Å². The Morgan fingerprint density at radius 1 is 1.29 bits per heavy atom. The maximum atomic E-state index is 10.5. The van der Waals surface area contributed by atoms with E-state index in [-0.39, 0.29) is 18.1 Å². The molecule has 0 aromatic rings. The van der Waals surface area contributed by atoms with Gasteiger partial charge in [-0.25, -0.2) is 0 Å². The zero-order valence-corrected chi connectivity index (χ0v) is 9.98. The Bertz CT molecular complexity index is 169. The van der Waals surface area contributed by atoms with E-state index in [9.17, 15) is 9.59 Å². The zero-order valence-electron chi connectivity index (χ0n) is 9.22. The molecule has 14 heavy (non-hydrogen) atoms. The number of esters is 1. The molecule has 0 unspecified atom stereocenters. The van der Waals surface area contributed by atoms with Gasteiger partial charge in [0.15, 0.2) is 5.78 Å². The van der Waals surface area contributed by atoms with Crippen LogP contribution in [-0.2, 0) is 14.3 Å². The van der Waals surface area contributed by atoms with Crippen LogP contribution in [0.2, 0.25) is 0 Å². The van der Waals surface area contributed by atoms with Gasteiger partial charge in [0.25, 0.3) is 0 Å². The number of nitrogens with one attached hydrogen (secondary N) is 1. The first-order chi connectivity index (χ1) is 6.43. The first-order valence-electron chi connectivity index (χ1n) is 4.44. The fourth-order valence-corrected chi connectivity index (χ4v) is 0.515. The summed E-state index contributed by atoms with van der Waals surface area (Å²) in [6, 6.07) is 0. The summed E-state index contributed by atoms with van der Waals surface area (Å²) in [5.74, 6) is -0.938. The van der Waals surface area contributed by atoms with Crippen LogP contribution in [0, 0.1) is 0 Å². The van der Waals surface area contributed by atoms with Crippen molar-refractivity contribution in [1.29, 1.82) is 0 Å². The second-order valence-electron chi connectivity index (χ2n) is 3.15. The molecular formula is C9H19ClNO3+. The number of hydrogen-bond acceptors (Lipinski definition) is 3. The minimum atomic E-state index is -0.506. The van der Waals surface area contributed by atoms with Crippen molar-refractivity contribution in [2.24, 2.45) is 0 Å². The standard InChI is InChI=1S/C6H9ClO3.C3H9N/c1-2-10-6(9)3-5(8)4-7;1-4(2)3/h2-4H2,1H3;1-3H3/p+1. The van der Waals surface area contributed by atoms with Crippen molar-refractivity contribution in [2.45, 2.75) is 13.3 Å². The Balaban J connectivity index is 0. The Hall–Kier alpha value is -0.610. The highest BCUT2D eigenvalue weighted by molar-refractivity contribution is 6.28. The Morgan fingerprint density at radius 3 is 2.00 bits per heavy atom. The number of rotatable bonds is 4. The van der Waals surface area contributed by atoms with Crippen LogP contribution in [0.5, 0.6) is 0 Å². The fourth-order valence-electron chi connectivity index (χ4n) is 0.420. The van der Waals surface area contributed by atoms with Gasteiger partial charge in [-0.05, 0) is 6.92 Å². The van der Waals surface area contributed by atoms with E-state index in [1.165, 1.54) is 4.90 Å². The molecule has 0 saturated heterocycles. The van der Waals surface area contributed by atoms with Crippen molar-refractivity contribution in [3.05, 3.63) is 0 Å². The van der Waals surface area contributed by atoms with Gasteiger partial charge < -0.3 is 9.64 Å². The smallest absolute Gasteiger partial charge is 0.313 e. The van der Waals surface area contributed by atoms with Crippen molar-refractivity contribution < 1.29 is 19.2 Å². The van der Waals surface area contributed by atoms with Crippen molar-refractivity contribution >= 4 is 23.4 Å². The third-order valence-electron chi connectivity index (χ3n) is 0.796. The molecular weight excluding hydrogens is 206 g/mol. The maximum absolute atomic E-state index is 10.5. The van der Waals surface area contributed by atoms with E-state index in [0.717, 1.165) is 0 Å². The molecule has 0 bridgehead atoms. The lowest BCUT2D eigenvalue weighted by atomic mass is 10.3. The van der Waals surface area contributed by atoms with Gasteiger partial charge in [-0.15, -0.1) is 11.6 Å². The molecule has 0 atom stereocenters. The predicted octanol–water partition coefficient (Wildman–Crippen LogP) is -0.492. The average molecular weight is 225 g/mol. The number of halogens is 1. The number of ether oxygens (including phenoxy) is 1. The molecule has 0 rings (SSSR count). The van der Waals surface area contributed by atoms with E-state index in [2.05, 4.69) is 25.9 Å². The van der Waals surface area contributed by atoms with Gasteiger partial charge in [-0.1, -0.05) is 0 Å². The second-order valence-corrected chi connectivity index (χ2v) is 3.42. The molecule has 4 nitrogen and oxygen atoms in total. The van der Waals surface area contributed by atoms with E-state index in [1.54, 1.807) is 6.92 Å². The van der Waals surface area contributed by atoms with E-state index < -0.39 is 5.97 Å². The van der Waals surface area contributed by atoms with E-state index in [0.29, 0.717) is 6.61 Å². The van der Waals surface area contributed by atoms with E-state index in [4.69, 9.17) is 11.6 Å². The van der Waals surface area contributed by atoms with Crippen molar-refractivity contribution in [2.75, 3.05) is 33.6 Å². The van der Waals surface area contributed by atoms with Crippen LogP contribution in [0.3, 0.4) is 0 Å². The molecule has 0 aliphatic carbocycles. The van der Waals surface area contributed by atoms with Crippen LogP contribution in [0.1, 0.15) is 13.3 Å². The normalized spacial score (nSPS) is 9.00. The lowest BCUT2D eigenvalue weighted by Gasteiger charge is -1.97. The predicted molar refractivity (Wildman–Crippen MR) is 55.7 cm³/mol. The van der Waals surface area contributed by atoms with E-state index in [1.807, 2.05) is 0 Å². The highest BCUT2D eigenvalue weighted by Gasteiger charge is 2.07. The third-order valence-corrected chi connectivity index (χ3v) is 1.09. The summed E-state index contributed by atoms with van der Waals surface area (Å²) in [5.41, 5.74) is 0. The number of carbonyl (C=O) groups is 2. The Labute approximate surface area is 90.2 Å². The minimum Gasteiger partial charge on any atom is -0.466 e. The number of alkyl halides is 1. The SMILES string of the molecule is CCOC(=O)CC(=O)CCl.C[NH+](C)C. The largest absolute Gasteiger partial charge is 0.466 e. The molecule has 0 aliphatic heterocycles. The van der Waals surface area contributed by atoms with Crippen molar-refractivity contribution in [3.8, 4) is 0 Å². The van der Waals surface area contributed by atoms with Crippen LogP contribution >= 0.6 is 11.6 Å². The molecule has 84 valence electrons. The first-order valence-corrected chi connectivity index (χ1v) is 4.97. The zero-order chi connectivity index (χ0) is 11.6. The summed E-state index contributed by atoms with van der Waals surface area (Å²) < 4.78 is 4.50. The van der Waals surface area contributed by atoms with Gasteiger partial charge in [0.2, 0.25) is 0 Å². The molecule has 0 aromatic carbocycles. The highest BCUT2D eigenvalue weighted by Crippen LogP contribution is 1.90.